The first-order chi connectivity index (χ1) is 16.4. The summed E-state index contributed by atoms with van der Waals surface area (Å²) in [5, 5.41) is 0. The Labute approximate surface area is 198 Å². The lowest BCUT2D eigenvalue weighted by Crippen LogP contribution is -2.42. The SMILES string of the molecule is CCc1ccc(C(=O)Cn2c(=O)c3c(ncn3CCC(C)C)n(Cc3ccccc3)c2=O)cc1. The van der Waals surface area contributed by atoms with Crippen LogP contribution in [-0.4, -0.2) is 24.5 Å². The molecule has 2 heterocycles. The second kappa shape index (κ2) is 10.0. The van der Waals surface area contributed by atoms with Crippen molar-refractivity contribution in [2.24, 2.45) is 5.92 Å². The molecule has 7 heteroatoms. The molecular weight excluding hydrogens is 428 g/mol. The third kappa shape index (κ3) is 4.78. The van der Waals surface area contributed by atoms with Crippen LogP contribution < -0.4 is 11.2 Å². The number of hydrogen-bond acceptors (Lipinski definition) is 4. The number of aromatic nitrogens is 4. The number of carbonyl (C=O) groups is 1. The lowest BCUT2D eigenvalue weighted by Gasteiger charge is -2.13. The molecule has 0 bridgehead atoms. The van der Waals surface area contributed by atoms with Gasteiger partial charge in [-0.3, -0.25) is 18.7 Å². The zero-order chi connectivity index (χ0) is 24.2. The van der Waals surface area contributed by atoms with E-state index in [0.717, 1.165) is 28.5 Å². The smallest absolute Gasteiger partial charge is 0.325 e. The summed E-state index contributed by atoms with van der Waals surface area (Å²) in [4.78, 5) is 44.4. The van der Waals surface area contributed by atoms with Gasteiger partial charge in [0.05, 0.1) is 19.4 Å². The van der Waals surface area contributed by atoms with Crippen LogP contribution in [-0.2, 0) is 26.1 Å². The molecule has 0 spiro atoms. The molecule has 2 aromatic heterocycles. The molecule has 0 aliphatic rings. The van der Waals surface area contributed by atoms with Crippen molar-refractivity contribution < 1.29 is 4.79 Å². The molecule has 7 nitrogen and oxygen atoms in total. The van der Waals surface area contributed by atoms with E-state index in [1.807, 2.05) is 49.4 Å². The highest BCUT2D eigenvalue weighted by Crippen LogP contribution is 2.13. The summed E-state index contributed by atoms with van der Waals surface area (Å²) in [7, 11) is 0. The van der Waals surface area contributed by atoms with Crippen molar-refractivity contribution in [3.05, 3.63) is 98.5 Å². The molecule has 4 rings (SSSR count). The Morgan fingerprint density at radius 3 is 2.29 bits per heavy atom. The molecule has 0 aliphatic carbocycles. The van der Waals surface area contributed by atoms with Gasteiger partial charge in [0, 0.05) is 12.1 Å². The minimum Gasteiger partial charge on any atom is -0.325 e. The lowest BCUT2D eigenvalue weighted by atomic mass is 10.1. The maximum Gasteiger partial charge on any atom is 0.333 e. The van der Waals surface area contributed by atoms with E-state index in [1.54, 1.807) is 23.0 Å². The van der Waals surface area contributed by atoms with Gasteiger partial charge in [-0.2, -0.15) is 0 Å². The van der Waals surface area contributed by atoms with Crippen molar-refractivity contribution in [1.29, 1.82) is 0 Å². The van der Waals surface area contributed by atoms with Gasteiger partial charge in [0.2, 0.25) is 0 Å². The van der Waals surface area contributed by atoms with Crippen LogP contribution in [0.5, 0.6) is 0 Å². The highest BCUT2D eigenvalue weighted by Gasteiger charge is 2.20. The second-order valence-corrected chi connectivity index (χ2v) is 9.01. The minimum absolute atomic E-state index is 0.261. The number of aryl methyl sites for hydroxylation is 2. The number of hydrogen-bond donors (Lipinski definition) is 0. The molecule has 0 saturated heterocycles. The van der Waals surface area contributed by atoms with Gasteiger partial charge in [-0.15, -0.1) is 0 Å². The van der Waals surface area contributed by atoms with Crippen molar-refractivity contribution in [3.63, 3.8) is 0 Å². The summed E-state index contributed by atoms with van der Waals surface area (Å²) in [6, 6.07) is 16.8. The van der Waals surface area contributed by atoms with E-state index in [1.165, 1.54) is 4.57 Å². The molecule has 0 unspecified atom stereocenters. The molecular formula is C27H30N4O3. The second-order valence-electron chi connectivity index (χ2n) is 9.01. The molecule has 176 valence electrons. The monoisotopic (exact) mass is 458 g/mol. The largest absolute Gasteiger partial charge is 0.333 e. The summed E-state index contributed by atoms with van der Waals surface area (Å²) in [6.45, 7) is 6.83. The molecule has 4 aromatic rings. The van der Waals surface area contributed by atoms with E-state index >= 15 is 0 Å². The van der Waals surface area contributed by atoms with Gasteiger partial charge in [0.15, 0.2) is 16.9 Å². The Balaban J connectivity index is 1.82. The summed E-state index contributed by atoms with van der Waals surface area (Å²) < 4.78 is 4.34. The van der Waals surface area contributed by atoms with Crippen molar-refractivity contribution in [1.82, 2.24) is 18.7 Å². The van der Waals surface area contributed by atoms with E-state index in [2.05, 4.69) is 18.8 Å². The van der Waals surface area contributed by atoms with Crippen LogP contribution in [0.4, 0.5) is 0 Å². The van der Waals surface area contributed by atoms with Gasteiger partial charge in [0.1, 0.15) is 0 Å². The van der Waals surface area contributed by atoms with Crippen LogP contribution in [0.1, 0.15) is 48.7 Å². The Hall–Kier alpha value is -3.74. The summed E-state index contributed by atoms with van der Waals surface area (Å²) in [6.07, 6.45) is 3.35. The molecule has 0 radical (unpaired) electrons. The lowest BCUT2D eigenvalue weighted by molar-refractivity contribution is 0.0969. The van der Waals surface area contributed by atoms with Crippen molar-refractivity contribution in [2.45, 2.75) is 53.2 Å². The van der Waals surface area contributed by atoms with E-state index in [9.17, 15) is 14.4 Å². The van der Waals surface area contributed by atoms with Crippen LogP contribution in [0.15, 0.2) is 70.5 Å². The number of ketones is 1. The Kier molecular flexibility index (Phi) is 6.91. The van der Waals surface area contributed by atoms with E-state index in [4.69, 9.17) is 0 Å². The summed E-state index contributed by atoms with van der Waals surface area (Å²) in [5.74, 6) is 0.170. The van der Waals surface area contributed by atoms with E-state index < -0.39 is 11.2 Å². The molecule has 0 amide bonds. The molecule has 0 N–H and O–H groups in total. The summed E-state index contributed by atoms with van der Waals surface area (Å²) >= 11 is 0. The number of nitrogens with zero attached hydrogens (tertiary/aromatic N) is 4. The fourth-order valence-corrected chi connectivity index (χ4v) is 4.01. The number of carbonyl (C=O) groups excluding carboxylic acids is 1. The molecule has 2 aromatic carbocycles. The van der Waals surface area contributed by atoms with Gasteiger partial charge in [-0.05, 0) is 29.9 Å². The van der Waals surface area contributed by atoms with Crippen LogP contribution in [0, 0.1) is 5.92 Å². The predicted octanol–water partition coefficient (Wildman–Crippen LogP) is 3.90. The van der Waals surface area contributed by atoms with Crippen molar-refractivity contribution in [2.75, 3.05) is 0 Å². The first-order valence-electron chi connectivity index (χ1n) is 11.7. The van der Waals surface area contributed by atoms with Crippen molar-refractivity contribution in [3.8, 4) is 0 Å². The van der Waals surface area contributed by atoms with Gasteiger partial charge >= 0.3 is 5.69 Å². The fraction of sp³-hybridized carbons (Fsp3) is 0.333. The molecule has 0 saturated carbocycles. The van der Waals surface area contributed by atoms with E-state index in [-0.39, 0.29) is 18.9 Å². The number of imidazole rings is 1. The highest BCUT2D eigenvalue weighted by molar-refractivity contribution is 5.96. The Morgan fingerprint density at radius 2 is 1.65 bits per heavy atom. The topological polar surface area (TPSA) is 78.9 Å². The van der Waals surface area contributed by atoms with Gasteiger partial charge in [-0.25, -0.2) is 9.78 Å². The maximum atomic E-state index is 13.5. The van der Waals surface area contributed by atoms with Crippen LogP contribution >= 0.6 is 0 Å². The maximum absolute atomic E-state index is 13.5. The first-order valence-corrected chi connectivity index (χ1v) is 11.7. The number of benzene rings is 2. The van der Waals surface area contributed by atoms with Gasteiger partial charge < -0.3 is 4.57 Å². The average Bonchev–Trinajstić information content (AvgIpc) is 3.27. The zero-order valence-electron chi connectivity index (χ0n) is 19.9. The first kappa shape index (κ1) is 23.4. The molecule has 0 aliphatic heterocycles. The number of rotatable bonds is 9. The molecule has 0 fully saturated rings. The quantitative estimate of drug-likeness (QED) is 0.356. The third-order valence-corrected chi connectivity index (χ3v) is 6.10. The fourth-order valence-electron chi connectivity index (χ4n) is 4.01. The van der Waals surface area contributed by atoms with Crippen LogP contribution in [0.2, 0.25) is 0 Å². The predicted molar refractivity (Wildman–Crippen MR) is 133 cm³/mol. The molecule has 0 atom stereocenters. The number of Topliss-reactive ketones (excluding diaryl/α,β-unsaturated/α-hetero) is 1. The Bertz CT molecular complexity index is 1410. The standard InChI is InChI=1S/C27H30N4O3/c1-4-20-10-12-22(13-11-20)23(32)17-31-26(33)24-25(28-18-29(24)15-14-19(2)3)30(27(31)34)16-21-8-6-5-7-9-21/h5-13,18-19H,4,14-17H2,1-3H3. The average molecular weight is 459 g/mol. The minimum atomic E-state index is -0.533. The normalized spacial score (nSPS) is 11.4. The highest BCUT2D eigenvalue weighted by atomic mass is 16.2. The van der Waals surface area contributed by atoms with Crippen LogP contribution in [0.3, 0.4) is 0 Å². The van der Waals surface area contributed by atoms with Gasteiger partial charge in [0.25, 0.3) is 5.56 Å². The molecule has 34 heavy (non-hydrogen) atoms. The van der Waals surface area contributed by atoms with E-state index in [0.29, 0.717) is 29.2 Å². The third-order valence-electron chi connectivity index (χ3n) is 6.10. The summed E-state index contributed by atoms with van der Waals surface area (Å²) in [5.41, 5.74) is 2.19. The van der Waals surface area contributed by atoms with Crippen molar-refractivity contribution >= 4 is 16.9 Å². The zero-order valence-corrected chi connectivity index (χ0v) is 19.9. The number of fused-ring (bicyclic) bond motifs is 1. The Morgan fingerprint density at radius 1 is 0.941 bits per heavy atom. The van der Waals surface area contributed by atoms with Crippen LogP contribution in [0.25, 0.3) is 11.2 Å². The van der Waals surface area contributed by atoms with Gasteiger partial charge in [-0.1, -0.05) is 75.4 Å².